The molecule has 1 aromatic carbocycles. The van der Waals surface area contributed by atoms with Gasteiger partial charge in [0, 0.05) is 18.7 Å². The Kier molecular flexibility index (Phi) is 3.21. The highest BCUT2D eigenvalue weighted by Crippen LogP contribution is 2.32. The minimum atomic E-state index is -4.34. The lowest BCUT2D eigenvalue weighted by atomic mass is 10.1. The van der Waals surface area contributed by atoms with Crippen LogP contribution in [0.15, 0.2) is 30.5 Å². The number of hydrogen-bond acceptors (Lipinski definition) is 3. The van der Waals surface area contributed by atoms with Crippen LogP contribution in [0.3, 0.4) is 0 Å². The van der Waals surface area contributed by atoms with Gasteiger partial charge in [-0.3, -0.25) is 4.79 Å². The first-order valence-corrected chi connectivity index (χ1v) is 5.84. The Balaban J connectivity index is 2.31. The molecule has 0 radical (unpaired) electrons. The molecule has 0 N–H and O–H groups in total. The van der Waals surface area contributed by atoms with Gasteiger partial charge in [-0.15, -0.1) is 11.3 Å². The lowest BCUT2D eigenvalue weighted by molar-refractivity contribution is -0.137. The fourth-order valence-corrected chi connectivity index (χ4v) is 2.19. The van der Waals surface area contributed by atoms with Gasteiger partial charge in [0.05, 0.1) is 10.4 Å². The van der Waals surface area contributed by atoms with E-state index in [2.05, 4.69) is 4.98 Å². The van der Waals surface area contributed by atoms with Gasteiger partial charge in [-0.25, -0.2) is 4.98 Å². The van der Waals surface area contributed by atoms with Crippen LogP contribution >= 0.6 is 11.3 Å². The van der Waals surface area contributed by atoms with Gasteiger partial charge in [-0.1, -0.05) is 12.1 Å². The monoisotopic (exact) mass is 271 g/mol. The van der Waals surface area contributed by atoms with Crippen molar-refractivity contribution in [3.05, 3.63) is 40.9 Å². The fraction of sp³-hybridized carbons (Fsp3) is 0.167. The maximum Gasteiger partial charge on any atom is 0.416 e. The van der Waals surface area contributed by atoms with Crippen molar-refractivity contribution in [2.75, 3.05) is 0 Å². The van der Waals surface area contributed by atoms with Crippen LogP contribution in [0.1, 0.15) is 22.2 Å². The molecular formula is C12H8F3NOS. The molecule has 2 rings (SSSR count). The second kappa shape index (κ2) is 4.53. The summed E-state index contributed by atoms with van der Waals surface area (Å²) < 4.78 is 37.1. The molecule has 0 aliphatic carbocycles. The Morgan fingerprint density at radius 3 is 2.28 bits per heavy atom. The molecule has 0 spiro atoms. The summed E-state index contributed by atoms with van der Waals surface area (Å²) >= 11 is 1.17. The van der Waals surface area contributed by atoms with Crippen LogP contribution in [0.4, 0.5) is 13.2 Å². The molecule has 0 unspecified atom stereocenters. The maximum absolute atomic E-state index is 12.4. The zero-order valence-corrected chi connectivity index (χ0v) is 10.1. The molecule has 2 nitrogen and oxygen atoms in total. The first-order chi connectivity index (χ1) is 8.38. The van der Waals surface area contributed by atoms with E-state index >= 15 is 0 Å². The average molecular weight is 271 g/mol. The molecule has 0 saturated heterocycles. The van der Waals surface area contributed by atoms with Crippen molar-refractivity contribution in [3.8, 4) is 10.6 Å². The van der Waals surface area contributed by atoms with E-state index in [1.807, 2.05) is 0 Å². The van der Waals surface area contributed by atoms with Gasteiger partial charge in [0.2, 0.25) is 0 Å². The fourth-order valence-electron chi connectivity index (χ4n) is 1.37. The smallest absolute Gasteiger partial charge is 0.294 e. The van der Waals surface area contributed by atoms with Gasteiger partial charge in [-0.2, -0.15) is 13.2 Å². The Morgan fingerprint density at radius 2 is 1.83 bits per heavy atom. The van der Waals surface area contributed by atoms with Crippen LogP contribution in [0.25, 0.3) is 10.6 Å². The van der Waals surface area contributed by atoms with Crippen molar-refractivity contribution < 1.29 is 18.0 Å². The highest BCUT2D eigenvalue weighted by Gasteiger charge is 2.30. The summed E-state index contributed by atoms with van der Waals surface area (Å²) in [6.45, 7) is 1.42. The molecule has 0 aliphatic rings. The number of Topliss-reactive ketones (excluding diaryl/α,β-unsaturated/α-hetero) is 1. The van der Waals surface area contributed by atoms with E-state index in [1.165, 1.54) is 36.6 Å². The molecule has 1 aromatic heterocycles. The quantitative estimate of drug-likeness (QED) is 0.772. The van der Waals surface area contributed by atoms with Gasteiger partial charge < -0.3 is 0 Å². The summed E-state index contributed by atoms with van der Waals surface area (Å²) in [5.41, 5.74) is -0.130. The Labute approximate surface area is 105 Å². The van der Waals surface area contributed by atoms with Crippen molar-refractivity contribution >= 4 is 17.1 Å². The number of carbonyl (C=O) groups excluding carboxylic acids is 1. The first-order valence-electron chi connectivity index (χ1n) is 5.02. The first kappa shape index (κ1) is 12.8. The van der Waals surface area contributed by atoms with E-state index < -0.39 is 11.7 Å². The van der Waals surface area contributed by atoms with E-state index in [-0.39, 0.29) is 5.78 Å². The number of nitrogens with zero attached hydrogens (tertiary/aromatic N) is 1. The molecule has 2 aromatic rings. The second-order valence-corrected chi connectivity index (χ2v) is 4.69. The molecule has 6 heteroatoms. The maximum atomic E-state index is 12.4. The molecule has 0 saturated carbocycles. The third-order valence-electron chi connectivity index (χ3n) is 2.31. The van der Waals surface area contributed by atoms with Gasteiger partial charge in [0.1, 0.15) is 5.01 Å². The molecule has 94 valence electrons. The highest BCUT2D eigenvalue weighted by molar-refractivity contribution is 7.16. The molecule has 0 fully saturated rings. The van der Waals surface area contributed by atoms with E-state index in [0.717, 1.165) is 12.1 Å². The van der Waals surface area contributed by atoms with Crippen molar-refractivity contribution in [1.82, 2.24) is 4.98 Å². The summed E-state index contributed by atoms with van der Waals surface area (Å²) in [6.07, 6.45) is -2.91. The largest absolute Gasteiger partial charge is 0.416 e. The zero-order chi connectivity index (χ0) is 13.3. The summed E-state index contributed by atoms with van der Waals surface area (Å²) in [7, 11) is 0. The molecule has 18 heavy (non-hydrogen) atoms. The molecule has 1 heterocycles. The number of benzene rings is 1. The minimum Gasteiger partial charge on any atom is -0.294 e. The molecule has 0 bridgehead atoms. The van der Waals surface area contributed by atoms with Gasteiger partial charge in [-0.05, 0) is 12.1 Å². The minimum absolute atomic E-state index is 0.106. The normalized spacial score (nSPS) is 11.6. The van der Waals surface area contributed by atoms with Gasteiger partial charge in [0.25, 0.3) is 0 Å². The zero-order valence-electron chi connectivity index (χ0n) is 9.28. The van der Waals surface area contributed by atoms with Gasteiger partial charge >= 0.3 is 6.18 Å². The summed E-state index contributed by atoms with van der Waals surface area (Å²) in [4.78, 5) is 15.6. The van der Waals surface area contributed by atoms with E-state index in [4.69, 9.17) is 0 Å². The highest BCUT2D eigenvalue weighted by atomic mass is 32.1. The summed E-state index contributed by atoms with van der Waals surface area (Å²) in [5.74, 6) is -0.106. The Hall–Kier alpha value is -1.69. The number of rotatable bonds is 2. The van der Waals surface area contributed by atoms with E-state index in [9.17, 15) is 18.0 Å². The molecule has 0 aliphatic heterocycles. The number of thiazole rings is 1. The number of carbonyl (C=O) groups is 1. The third kappa shape index (κ3) is 2.59. The molecule has 0 amide bonds. The molecule has 0 atom stereocenters. The van der Waals surface area contributed by atoms with Crippen LogP contribution in [0.2, 0.25) is 0 Å². The van der Waals surface area contributed by atoms with Crippen LogP contribution in [-0.4, -0.2) is 10.8 Å². The Morgan fingerprint density at radius 1 is 1.22 bits per heavy atom. The lowest BCUT2D eigenvalue weighted by Crippen LogP contribution is -2.03. The Bertz CT molecular complexity index is 572. The SMILES string of the molecule is CC(=O)c1cnc(-c2ccc(C(F)(F)F)cc2)s1. The van der Waals surface area contributed by atoms with Gasteiger partial charge in [0.15, 0.2) is 5.78 Å². The summed E-state index contributed by atoms with van der Waals surface area (Å²) in [6, 6.07) is 4.71. The van der Waals surface area contributed by atoms with Crippen LogP contribution in [0.5, 0.6) is 0 Å². The van der Waals surface area contributed by atoms with Crippen LogP contribution in [-0.2, 0) is 6.18 Å². The second-order valence-electron chi connectivity index (χ2n) is 3.66. The number of ketones is 1. The average Bonchev–Trinajstić information content (AvgIpc) is 2.77. The van der Waals surface area contributed by atoms with Crippen molar-refractivity contribution in [1.29, 1.82) is 0 Å². The topological polar surface area (TPSA) is 30.0 Å². The van der Waals surface area contributed by atoms with E-state index in [0.29, 0.717) is 15.4 Å². The van der Waals surface area contributed by atoms with Crippen LogP contribution in [0, 0.1) is 0 Å². The van der Waals surface area contributed by atoms with Crippen molar-refractivity contribution in [2.24, 2.45) is 0 Å². The standard InChI is InChI=1S/C12H8F3NOS/c1-7(17)10-6-16-11(18-10)8-2-4-9(5-3-8)12(13,14)15/h2-6H,1H3. The van der Waals surface area contributed by atoms with E-state index in [1.54, 1.807) is 0 Å². The third-order valence-corrected chi connectivity index (χ3v) is 3.46. The predicted molar refractivity (Wildman–Crippen MR) is 62.6 cm³/mol. The number of aromatic nitrogens is 1. The van der Waals surface area contributed by atoms with Crippen molar-refractivity contribution in [2.45, 2.75) is 13.1 Å². The predicted octanol–water partition coefficient (Wildman–Crippen LogP) is 4.03. The molecular weight excluding hydrogens is 263 g/mol. The number of alkyl halides is 3. The summed E-state index contributed by atoms with van der Waals surface area (Å²) in [5, 5.41) is 0.536. The van der Waals surface area contributed by atoms with Crippen LogP contribution < -0.4 is 0 Å². The number of hydrogen-bond donors (Lipinski definition) is 0. The van der Waals surface area contributed by atoms with Crippen molar-refractivity contribution in [3.63, 3.8) is 0 Å². The number of halogens is 3. The lowest BCUT2D eigenvalue weighted by Gasteiger charge is -2.06.